The number of anilines is 1. The van der Waals surface area contributed by atoms with Gasteiger partial charge in [-0.15, -0.1) is 0 Å². The lowest BCUT2D eigenvalue weighted by atomic mass is 9.95. The van der Waals surface area contributed by atoms with Crippen molar-refractivity contribution in [3.05, 3.63) is 29.8 Å². The van der Waals surface area contributed by atoms with E-state index in [0.717, 1.165) is 19.3 Å². The SMILES string of the molecule is NC[C@H]1CCC[C@H]1C(=O)Nc1ccc(CCC(F)(F)F)cc1. The summed E-state index contributed by atoms with van der Waals surface area (Å²) in [6.07, 6.45) is -2.19. The van der Waals surface area contributed by atoms with E-state index in [9.17, 15) is 18.0 Å². The minimum atomic E-state index is -4.15. The molecule has 0 heterocycles. The maximum Gasteiger partial charge on any atom is 0.389 e. The van der Waals surface area contributed by atoms with Gasteiger partial charge in [-0.25, -0.2) is 0 Å². The summed E-state index contributed by atoms with van der Waals surface area (Å²) in [6.45, 7) is 0.508. The molecule has 0 bridgehead atoms. The fourth-order valence-electron chi connectivity index (χ4n) is 2.94. The van der Waals surface area contributed by atoms with Crippen molar-refractivity contribution in [1.82, 2.24) is 0 Å². The lowest BCUT2D eigenvalue weighted by Gasteiger charge is -2.17. The van der Waals surface area contributed by atoms with Gasteiger partial charge >= 0.3 is 6.18 Å². The molecule has 1 aliphatic rings. The fraction of sp³-hybridized carbons (Fsp3) is 0.562. The van der Waals surface area contributed by atoms with Crippen molar-refractivity contribution in [3.8, 4) is 0 Å². The van der Waals surface area contributed by atoms with Gasteiger partial charge in [0.05, 0.1) is 0 Å². The lowest BCUT2D eigenvalue weighted by molar-refractivity contribution is -0.134. The Bertz CT molecular complexity index is 499. The number of amides is 1. The van der Waals surface area contributed by atoms with Gasteiger partial charge in [0.15, 0.2) is 0 Å². The quantitative estimate of drug-likeness (QED) is 0.874. The monoisotopic (exact) mass is 314 g/mol. The summed E-state index contributed by atoms with van der Waals surface area (Å²) in [5, 5.41) is 2.83. The van der Waals surface area contributed by atoms with Crippen LogP contribution in [0, 0.1) is 11.8 Å². The molecule has 0 unspecified atom stereocenters. The smallest absolute Gasteiger partial charge is 0.330 e. The zero-order valence-corrected chi connectivity index (χ0v) is 12.3. The second-order valence-electron chi connectivity index (χ2n) is 5.83. The largest absolute Gasteiger partial charge is 0.389 e. The van der Waals surface area contributed by atoms with E-state index < -0.39 is 12.6 Å². The van der Waals surface area contributed by atoms with Crippen molar-refractivity contribution in [2.24, 2.45) is 17.6 Å². The molecule has 0 radical (unpaired) electrons. The van der Waals surface area contributed by atoms with E-state index in [1.807, 2.05) is 0 Å². The molecule has 0 aromatic heterocycles. The minimum absolute atomic E-state index is 0.0454. The molecule has 0 spiro atoms. The minimum Gasteiger partial charge on any atom is -0.330 e. The molecule has 0 saturated heterocycles. The number of carbonyl (C=O) groups is 1. The van der Waals surface area contributed by atoms with Crippen LogP contribution in [0.3, 0.4) is 0 Å². The van der Waals surface area contributed by atoms with Crippen LogP contribution in [0.25, 0.3) is 0 Å². The molecule has 6 heteroatoms. The van der Waals surface area contributed by atoms with Gasteiger partial charge in [-0.1, -0.05) is 18.6 Å². The molecule has 122 valence electrons. The summed E-state index contributed by atoms with van der Waals surface area (Å²) in [6, 6.07) is 6.54. The van der Waals surface area contributed by atoms with E-state index in [1.54, 1.807) is 24.3 Å². The average Bonchev–Trinajstić information content (AvgIpc) is 2.94. The zero-order chi connectivity index (χ0) is 16.2. The Balaban J connectivity index is 1.89. The molecular formula is C16H21F3N2O. The third kappa shape index (κ3) is 4.73. The number of rotatable bonds is 5. The number of hydrogen-bond acceptors (Lipinski definition) is 2. The lowest BCUT2D eigenvalue weighted by Crippen LogP contribution is -2.29. The topological polar surface area (TPSA) is 55.1 Å². The summed E-state index contributed by atoms with van der Waals surface area (Å²) in [5.74, 6) is 0.122. The zero-order valence-electron chi connectivity index (χ0n) is 12.3. The van der Waals surface area contributed by atoms with E-state index in [0.29, 0.717) is 17.8 Å². The third-order valence-electron chi connectivity index (χ3n) is 4.22. The van der Waals surface area contributed by atoms with Gasteiger partial charge in [0.1, 0.15) is 0 Å². The van der Waals surface area contributed by atoms with Crippen molar-refractivity contribution in [1.29, 1.82) is 0 Å². The van der Waals surface area contributed by atoms with E-state index in [-0.39, 0.29) is 24.2 Å². The van der Waals surface area contributed by atoms with E-state index in [1.165, 1.54) is 0 Å². The number of nitrogens with one attached hydrogen (secondary N) is 1. The second-order valence-corrected chi connectivity index (χ2v) is 5.83. The Morgan fingerprint density at radius 3 is 2.50 bits per heavy atom. The van der Waals surface area contributed by atoms with Crippen LogP contribution in [0.15, 0.2) is 24.3 Å². The van der Waals surface area contributed by atoms with Crippen LogP contribution in [0.2, 0.25) is 0 Å². The summed E-state index contributed by atoms with van der Waals surface area (Å²) >= 11 is 0. The van der Waals surface area contributed by atoms with Gasteiger partial charge in [0.2, 0.25) is 5.91 Å². The molecule has 3 nitrogen and oxygen atoms in total. The first-order chi connectivity index (χ1) is 10.4. The summed E-state index contributed by atoms with van der Waals surface area (Å²) in [7, 11) is 0. The molecule has 1 saturated carbocycles. The first-order valence-electron chi connectivity index (χ1n) is 7.55. The van der Waals surface area contributed by atoms with Gasteiger partial charge in [-0.05, 0) is 49.4 Å². The van der Waals surface area contributed by atoms with Crippen molar-refractivity contribution < 1.29 is 18.0 Å². The molecule has 1 aromatic carbocycles. The first-order valence-corrected chi connectivity index (χ1v) is 7.55. The maximum absolute atomic E-state index is 12.2. The number of halogens is 3. The number of benzene rings is 1. The van der Waals surface area contributed by atoms with Crippen LogP contribution in [-0.2, 0) is 11.2 Å². The van der Waals surface area contributed by atoms with Crippen LogP contribution < -0.4 is 11.1 Å². The average molecular weight is 314 g/mol. The van der Waals surface area contributed by atoms with Crippen molar-refractivity contribution >= 4 is 11.6 Å². The number of alkyl halides is 3. The molecule has 1 amide bonds. The molecule has 1 fully saturated rings. The van der Waals surface area contributed by atoms with Crippen LogP contribution in [0.5, 0.6) is 0 Å². The summed E-state index contributed by atoms with van der Waals surface area (Å²) in [5.41, 5.74) is 6.89. The highest BCUT2D eigenvalue weighted by atomic mass is 19.4. The molecule has 3 N–H and O–H groups in total. The molecule has 2 rings (SSSR count). The van der Waals surface area contributed by atoms with E-state index >= 15 is 0 Å². The van der Waals surface area contributed by atoms with Crippen molar-refractivity contribution in [2.75, 3.05) is 11.9 Å². The van der Waals surface area contributed by atoms with Crippen molar-refractivity contribution in [3.63, 3.8) is 0 Å². The second kappa shape index (κ2) is 7.13. The normalized spacial score (nSPS) is 21.8. The Morgan fingerprint density at radius 1 is 1.23 bits per heavy atom. The molecule has 22 heavy (non-hydrogen) atoms. The number of carbonyl (C=O) groups excluding carboxylic acids is 1. The molecule has 1 aliphatic carbocycles. The summed E-state index contributed by atoms with van der Waals surface area (Å²) < 4.78 is 36.5. The Hall–Kier alpha value is -1.56. The molecular weight excluding hydrogens is 293 g/mol. The van der Waals surface area contributed by atoms with Crippen molar-refractivity contribution in [2.45, 2.75) is 38.3 Å². The van der Waals surface area contributed by atoms with E-state index in [2.05, 4.69) is 5.32 Å². The van der Waals surface area contributed by atoms with Gasteiger partial charge < -0.3 is 11.1 Å². The maximum atomic E-state index is 12.2. The summed E-state index contributed by atoms with van der Waals surface area (Å²) in [4.78, 5) is 12.2. The van der Waals surface area contributed by atoms with Crippen LogP contribution in [0.1, 0.15) is 31.2 Å². The Morgan fingerprint density at radius 2 is 1.91 bits per heavy atom. The predicted octanol–water partition coefficient (Wildman–Crippen LogP) is 3.50. The third-order valence-corrected chi connectivity index (χ3v) is 4.22. The standard InChI is InChI=1S/C16H21F3N2O/c17-16(18,19)9-8-11-4-6-13(7-5-11)21-15(22)14-3-1-2-12(14)10-20/h4-7,12,14H,1-3,8-10,20H2,(H,21,22)/t12-,14-/m1/s1. The fourth-order valence-corrected chi connectivity index (χ4v) is 2.94. The Kier molecular flexibility index (Phi) is 5.45. The number of hydrogen-bond donors (Lipinski definition) is 2. The number of aryl methyl sites for hydroxylation is 1. The van der Waals surface area contributed by atoms with Crippen LogP contribution in [-0.4, -0.2) is 18.6 Å². The predicted molar refractivity (Wildman–Crippen MR) is 79.3 cm³/mol. The highest BCUT2D eigenvalue weighted by Gasteiger charge is 2.31. The van der Waals surface area contributed by atoms with Crippen LogP contribution in [0.4, 0.5) is 18.9 Å². The van der Waals surface area contributed by atoms with Gasteiger partial charge in [0, 0.05) is 18.0 Å². The van der Waals surface area contributed by atoms with Gasteiger partial charge in [-0.3, -0.25) is 4.79 Å². The van der Waals surface area contributed by atoms with Gasteiger partial charge in [-0.2, -0.15) is 13.2 Å². The molecule has 2 atom stereocenters. The van der Waals surface area contributed by atoms with E-state index in [4.69, 9.17) is 5.73 Å². The highest BCUT2D eigenvalue weighted by molar-refractivity contribution is 5.92. The number of nitrogens with two attached hydrogens (primary N) is 1. The highest BCUT2D eigenvalue weighted by Crippen LogP contribution is 2.32. The van der Waals surface area contributed by atoms with Crippen LogP contribution >= 0.6 is 0 Å². The Labute approximate surface area is 128 Å². The van der Waals surface area contributed by atoms with Gasteiger partial charge in [0.25, 0.3) is 0 Å². The first kappa shape index (κ1) is 16.8. The molecule has 1 aromatic rings. The molecule has 0 aliphatic heterocycles.